The fourth-order valence-corrected chi connectivity index (χ4v) is 12.2. The van der Waals surface area contributed by atoms with Crippen molar-refractivity contribution < 1.29 is 73.5 Å². The second kappa shape index (κ2) is 42.9. The molecule has 2 aliphatic heterocycles. The summed E-state index contributed by atoms with van der Waals surface area (Å²) >= 11 is 5.84. The van der Waals surface area contributed by atoms with Gasteiger partial charge < -0.3 is 77.6 Å². The van der Waals surface area contributed by atoms with Crippen molar-refractivity contribution in [3.63, 3.8) is 0 Å². The van der Waals surface area contributed by atoms with Gasteiger partial charge in [0.1, 0.15) is 24.2 Å². The molecule has 512 valence electrons. The monoisotopic (exact) mass is 1370 g/mol. The number of carbonyl (C=O) groups is 10. The molecule has 0 saturated carbocycles. The minimum absolute atomic E-state index is 0. The number of aryl methyl sites for hydroxylation is 1. The first kappa shape index (κ1) is 80.9. The molecule has 0 spiro atoms. The normalized spacial score (nSPS) is 17.8. The Hall–Kier alpha value is -6.37. The van der Waals surface area contributed by atoms with Crippen LogP contribution >= 0.6 is 12.2 Å². The van der Waals surface area contributed by atoms with E-state index in [2.05, 4.69) is 21.3 Å². The Morgan fingerprint density at radius 2 is 1.16 bits per heavy atom. The number of amides is 4. The third-order valence-electron chi connectivity index (χ3n) is 17.1. The number of nitrogens with one attached hydrogen (secondary N) is 4. The predicted octanol–water partition coefficient (Wildman–Crippen LogP) is -1.39. The summed E-state index contributed by atoms with van der Waals surface area (Å²) in [6.07, 6.45) is 4.55. The van der Waals surface area contributed by atoms with E-state index in [0.717, 1.165) is 5.56 Å². The number of nitrogens with zero attached hydrogens (tertiary/aromatic N) is 5. The van der Waals surface area contributed by atoms with Gasteiger partial charge in [-0.05, 0) is 112 Å². The number of hydrogen-bond acceptors (Lipinski definition) is 20. The van der Waals surface area contributed by atoms with Gasteiger partial charge in [0.2, 0.25) is 23.6 Å². The van der Waals surface area contributed by atoms with E-state index in [0.29, 0.717) is 80.7 Å². The molecule has 26 nitrogen and oxygen atoms in total. The molecule has 2 saturated heterocycles. The van der Waals surface area contributed by atoms with Crippen molar-refractivity contribution in [1.82, 2.24) is 40.4 Å². The van der Waals surface area contributed by atoms with Gasteiger partial charge in [-0.15, -0.1) is 0 Å². The van der Waals surface area contributed by atoms with E-state index in [-0.39, 0.29) is 141 Å². The fourth-order valence-electron chi connectivity index (χ4n) is 11.8. The Balaban J connectivity index is 0.0000226. The molecule has 2 heterocycles. The van der Waals surface area contributed by atoms with Crippen LogP contribution in [0.1, 0.15) is 122 Å². The summed E-state index contributed by atoms with van der Waals surface area (Å²) in [5.41, 5.74) is 13.8. The van der Waals surface area contributed by atoms with Crippen molar-refractivity contribution in [3.05, 3.63) is 65.7 Å². The predicted molar refractivity (Wildman–Crippen MR) is 348 cm³/mol. The standard InChI is InChI=1S/C65H101N11O15S.Ga/c1-5-44(4)59(54(77)38-47(16-9-11-25-66)60(84)69-50(17-10-12-26-67)63(87)76-27-13-18-52(76)62(86)70-51(64(88)89)37-46-14-7-6-8-15-46)71-61(85)48(36-43(2)3)39-55(92)68-49-22-19-45(20-23-49)21-24-53(65(90)91)75-34-32-73(41-57(80)81)30-28-72(40-56(78)79)29-31-74(33-35-75)42-58(82)83;/h6-8,14-15,19-20,22-23,43-44,47-48,50-53,59H,5,9-13,16-18,21,24-42,66-67H2,1-4H3,(H,68,92)(H,69,84)(H,70,86)(H,71,85)(H,78,79)(H,80,81)(H,82,83)(H,88,89)(H,90,91);/q;+3/p-3/t44-,47+,48+,50-,51-,52-,53?,59-;/m0./s1. The zero-order valence-electron chi connectivity index (χ0n) is 54.5. The Morgan fingerprint density at radius 3 is 1.67 bits per heavy atom. The van der Waals surface area contributed by atoms with Gasteiger partial charge in [-0.2, -0.15) is 0 Å². The number of nitrogens with two attached hydrogens (primary N) is 2. The van der Waals surface area contributed by atoms with Crippen molar-refractivity contribution in [2.45, 2.75) is 154 Å². The van der Waals surface area contributed by atoms with Gasteiger partial charge in [0.15, 0.2) is 5.78 Å². The molecule has 4 amide bonds. The number of likely N-dealkylation sites (tertiary alicyclic amines) is 1. The second-order valence-electron chi connectivity index (χ2n) is 24.8. The molecule has 0 aromatic heterocycles. The van der Waals surface area contributed by atoms with Gasteiger partial charge >= 0.3 is 31.7 Å². The van der Waals surface area contributed by atoms with Crippen LogP contribution in [0.5, 0.6) is 0 Å². The minimum atomic E-state index is -1.36. The number of hydrogen-bond donors (Lipinski definition) is 8. The van der Waals surface area contributed by atoms with Crippen molar-refractivity contribution >= 4 is 102 Å². The molecule has 8 atom stereocenters. The first-order valence-corrected chi connectivity index (χ1v) is 32.8. The van der Waals surface area contributed by atoms with Gasteiger partial charge in [-0.25, -0.2) is 4.79 Å². The van der Waals surface area contributed by atoms with Gasteiger partial charge in [-0.1, -0.05) is 95.2 Å². The van der Waals surface area contributed by atoms with E-state index in [9.17, 15) is 73.5 Å². The number of benzene rings is 2. The number of anilines is 1. The molecule has 1 unspecified atom stereocenters. The first-order valence-electron chi connectivity index (χ1n) is 32.4. The number of rotatable bonds is 39. The van der Waals surface area contributed by atoms with Gasteiger partial charge in [0.25, 0.3) is 0 Å². The van der Waals surface area contributed by atoms with Crippen molar-refractivity contribution in [2.75, 3.05) is 96.9 Å². The zero-order valence-corrected chi connectivity index (χ0v) is 57.7. The van der Waals surface area contributed by atoms with Crippen LogP contribution in [0.25, 0.3) is 0 Å². The van der Waals surface area contributed by atoms with Crippen LogP contribution in [0.2, 0.25) is 0 Å². The number of carbonyl (C=O) groups excluding carboxylic acids is 8. The van der Waals surface area contributed by atoms with E-state index < -0.39 is 115 Å². The number of thiocarbonyl (C=S) groups is 1. The Kier molecular flexibility index (Phi) is 37.3. The molecule has 10 N–H and O–H groups in total. The summed E-state index contributed by atoms with van der Waals surface area (Å²) in [5, 5.41) is 67.3. The summed E-state index contributed by atoms with van der Waals surface area (Å²) in [7, 11) is 0. The maximum atomic E-state index is 14.6. The van der Waals surface area contributed by atoms with Crippen LogP contribution in [0.4, 0.5) is 5.69 Å². The molecule has 28 heteroatoms. The Bertz CT molecular complexity index is 2700. The van der Waals surface area contributed by atoms with Crippen LogP contribution in [-0.4, -0.2) is 241 Å². The second-order valence-corrected chi connectivity index (χ2v) is 25.3. The van der Waals surface area contributed by atoms with Crippen LogP contribution in [0, 0.1) is 23.7 Å². The largest absolute Gasteiger partial charge is 3.00 e. The van der Waals surface area contributed by atoms with E-state index >= 15 is 0 Å². The average Bonchev–Trinajstić information content (AvgIpc) is 1.80. The molecule has 0 radical (unpaired) electrons. The van der Waals surface area contributed by atoms with E-state index in [1.807, 2.05) is 39.8 Å². The summed E-state index contributed by atoms with van der Waals surface area (Å²) in [5.74, 6) is -10.7. The molecule has 2 aliphatic rings. The van der Waals surface area contributed by atoms with Crippen LogP contribution < -0.4 is 48.1 Å². The van der Waals surface area contributed by atoms with Gasteiger partial charge in [-0.3, -0.25) is 48.4 Å². The average molecular weight is 1380 g/mol. The molecule has 0 aliphatic carbocycles. The molecule has 2 aromatic carbocycles. The maximum absolute atomic E-state index is 14.6. The summed E-state index contributed by atoms with van der Waals surface area (Å²) < 4.78 is 0. The quantitative estimate of drug-likeness (QED) is 0.0217. The molecule has 2 aromatic rings. The number of carboxylic acids is 5. The number of unbranched alkanes of at least 4 members (excludes halogenated alkanes) is 2. The topological polar surface area (TPSA) is 397 Å². The SMILES string of the molecule is CC[C@H](C)[C@H](NC(=O)[C@@H](CC(=S)Nc1ccc(CCC(C(=O)O)N2CCN(CC(=O)[O-])CCN(CC(=O)[O-])CCN(CC(=O)[O-])CC2)cc1)CC(C)C)C(=O)C[C@@H](CCCCN)C(=O)N[C@@H](CCCCN)C(=O)N1CCC[C@H]1C(=O)N[C@@H](Cc1ccccc1)C(=O)O.[Ga+3]. The molecule has 0 bridgehead atoms. The number of ketones is 1. The van der Waals surface area contributed by atoms with Crippen LogP contribution in [0.3, 0.4) is 0 Å². The number of carboxylic acid groups (broad SMARTS) is 5. The third kappa shape index (κ3) is 29.4. The van der Waals surface area contributed by atoms with Crippen molar-refractivity contribution in [3.8, 4) is 0 Å². The molecule has 93 heavy (non-hydrogen) atoms. The summed E-state index contributed by atoms with van der Waals surface area (Å²) in [6, 6.07) is 10.7. The number of Topliss-reactive ketones (excluding diaryl/α,β-unsaturated/α-hetero) is 1. The van der Waals surface area contributed by atoms with E-state index in [4.69, 9.17) is 23.7 Å². The zero-order chi connectivity index (χ0) is 67.9. The van der Waals surface area contributed by atoms with Crippen LogP contribution in [-0.2, 0) is 60.8 Å². The first-order chi connectivity index (χ1) is 43.8. The Morgan fingerprint density at radius 1 is 0.624 bits per heavy atom. The number of aliphatic carboxylic acids is 5. The summed E-state index contributed by atoms with van der Waals surface area (Å²) in [4.78, 5) is 140. The molecular weight excluding hydrogens is 1280 g/mol. The van der Waals surface area contributed by atoms with E-state index in [1.54, 1.807) is 57.2 Å². The van der Waals surface area contributed by atoms with Crippen molar-refractivity contribution in [2.24, 2.45) is 35.1 Å². The molecule has 2 fully saturated rings. The van der Waals surface area contributed by atoms with Crippen molar-refractivity contribution in [1.29, 1.82) is 0 Å². The third-order valence-corrected chi connectivity index (χ3v) is 17.4. The fraction of sp³-hybridized carbons (Fsp3) is 0.646. The smallest absolute Gasteiger partial charge is 0.549 e. The van der Waals surface area contributed by atoms with E-state index in [1.165, 1.54) is 9.80 Å². The molecular formula is C65H98GaN11O15S. The molecule has 4 rings (SSSR count). The Labute approximate surface area is 565 Å². The van der Waals surface area contributed by atoms with Gasteiger partial charge in [0, 0.05) is 115 Å². The van der Waals surface area contributed by atoms with Gasteiger partial charge in [0.05, 0.1) is 28.9 Å². The van der Waals surface area contributed by atoms with Crippen LogP contribution in [0.15, 0.2) is 54.6 Å². The minimum Gasteiger partial charge on any atom is -0.549 e. The summed E-state index contributed by atoms with van der Waals surface area (Å²) in [6.45, 7) is 7.98. The maximum Gasteiger partial charge on any atom is 3.00 e.